The van der Waals surface area contributed by atoms with Crippen molar-refractivity contribution in [3.05, 3.63) is 59.7 Å². The molecule has 0 saturated carbocycles. The van der Waals surface area contributed by atoms with E-state index in [4.69, 9.17) is 19.9 Å². The van der Waals surface area contributed by atoms with Gasteiger partial charge in [0.2, 0.25) is 0 Å². The number of rotatable bonds is 10. The molecule has 5 nitrogen and oxygen atoms in total. The van der Waals surface area contributed by atoms with Crippen molar-refractivity contribution in [1.82, 2.24) is 0 Å². The third-order valence-electron chi connectivity index (χ3n) is 3.16. The van der Waals surface area contributed by atoms with Crippen LogP contribution in [0.1, 0.15) is 15.9 Å². The normalized spacial score (nSPS) is 10.4. The van der Waals surface area contributed by atoms with Gasteiger partial charge in [-0.3, -0.25) is 4.79 Å². The Bertz CT molecular complexity index is 649. The van der Waals surface area contributed by atoms with Crippen LogP contribution in [0, 0.1) is 0 Å². The highest BCUT2D eigenvalue weighted by Gasteiger charge is 2.11. The summed E-state index contributed by atoms with van der Waals surface area (Å²) in [5.41, 5.74) is 6.99. The summed E-state index contributed by atoms with van der Waals surface area (Å²) in [6.07, 6.45) is 0. The van der Waals surface area contributed by atoms with E-state index < -0.39 is 5.91 Å². The molecule has 0 aliphatic rings. The zero-order chi connectivity index (χ0) is 17.2. The molecule has 6 heteroatoms. The molecule has 24 heavy (non-hydrogen) atoms. The van der Waals surface area contributed by atoms with Gasteiger partial charge in [0.15, 0.2) is 6.79 Å². The van der Waals surface area contributed by atoms with E-state index >= 15 is 0 Å². The molecule has 0 heterocycles. The molecule has 2 rings (SSSR count). The number of amides is 1. The van der Waals surface area contributed by atoms with Gasteiger partial charge in [-0.05, 0) is 23.8 Å². The summed E-state index contributed by atoms with van der Waals surface area (Å²) in [4.78, 5) is 11.6. The Hall–Kier alpha value is -2.18. The second-order valence-corrected chi connectivity index (χ2v) is 6.06. The highest BCUT2D eigenvalue weighted by molar-refractivity contribution is 7.98. The molecular weight excluding hydrogens is 326 g/mol. The zero-order valence-electron chi connectivity index (χ0n) is 13.6. The lowest BCUT2D eigenvalue weighted by molar-refractivity contribution is 0.0509. The van der Waals surface area contributed by atoms with Crippen LogP contribution in [0.3, 0.4) is 0 Å². The van der Waals surface area contributed by atoms with Gasteiger partial charge in [0, 0.05) is 18.6 Å². The molecule has 0 unspecified atom stereocenters. The number of primary amides is 1. The molecule has 128 valence electrons. The van der Waals surface area contributed by atoms with Crippen molar-refractivity contribution in [3.63, 3.8) is 0 Å². The molecule has 0 aliphatic heterocycles. The van der Waals surface area contributed by atoms with Gasteiger partial charge in [-0.25, -0.2) is 0 Å². The average Bonchev–Trinajstić information content (AvgIpc) is 2.61. The fraction of sp³-hybridized carbons (Fsp3) is 0.278. The van der Waals surface area contributed by atoms with Crippen LogP contribution in [0.15, 0.2) is 48.5 Å². The van der Waals surface area contributed by atoms with Crippen LogP contribution in [-0.2, 0) is 10.5 Å². The number of ether oxygens (including phenoxy) is 3. The molecule has 0 radical (unpaired) electrons. The lowest BCUT2D eigenvalue weighted by atomic mass is 10.2. The van der Waals surface area contributed by atoms with E-state index in [0.29, 0.717) is 23.7 Å². The standard InChI is InChI=1S/C18H21NO4S/c1-21-13-23-15-7-8-17(16(11-15)18(19)20)22-9-10-24-12-14-5-3-2-4-6-14/h2-8,11H,9-10,12-13H2,1H3,(H2,19,20). The molecule has 0 aliphatic carbocycles. The minimum absolute atomic E-state index is 0.106. The van der Waals surface area contributed by atoms with Gasteiger partial charge >= 0.3 is 0 Å². The van der Waals surface area contributed by atoms with Crippen LogP contribution in [0.25, 0.3) is 0 Å². The van der Waals surface area contributed by atoms with Crippen molar-refractivity contribution in [3.8, 4) is 11.5 Å². The highest BCUT2D eigenvalue weighted by atomic mass is 32.2. The summed E-state index contributed by atoms with van der Waals surface area (Å²) in [7, 11) is 1.53. The molecule has 2 N–H and O–H groups in total. The van der Waals surface area contributed by atoms with Crippen molar-refractivity contribution in [1.29, 1.82) is 0 Å². The number of hydrogen-bond donors (Lipinski definition) is 1. The molecule has 0 saturated heterocycles. The fourth-order valence-corrected chi connectivity index (χ4v) is 2.79. The third kappa shape index (κ3) is 5.79. The Balaban J connectivity index is 1.83. The SMILES string of the molecule is COCOc1ccc(OCCSCc2ccccc2)c(C(N)=O)c1. The number of carbonyl (C=O) groups excluding carboxylic acids is 1. The second-order valence-electron chi connectivity index (χ2n) is 4.96. The summed E-state index contributed by atoms with van der Waals surface area (Å²) in [6, 6.07) is 15.2. The monoisotopic (exact) mass is 347 g/mol. The topological polar surface area (TPSA) is 70.8 Å². The number of benzene rings is 2. The number of thioether (sulfide) groups is 1. The Morgan fingerprint density at radius 2 is 1.92 bits per heavy atom. The van der Waals surface area contributed by atoms with E-state index in [0.717, 1.165) is 11.5 Å². The number of methoxy groups -OCH3 is 1. The molecule has 0 fully saturated rings. The molecular formula is C18H21NO4S. The van der Waals surface area contributed by atoms with Crippen molar-refractivity contribution in [2.24, 2.45) is 5.73 Å². The maximum Gasteiger partial charge on any atom is 0.252 e. The Labute approximate surface area is 146 Å². The Kier molecular flexibility index (Phi) is 7.45. The molecule has 0 aromatic heterocycles. The van der Waals surface area contributed by atoms with Gasteiger partial charge in [0.05, 0.1) is 12.2 Å². The van der Waals surface area contributed by atoms with Gasteiger partial charge in [-0.2, -0.15) is 11.8 Å². The van der Waals surface area contributed by atoms with E-state index in [-0.39, 0.29) is 6.79 Å². The van der Waals surface area contributed by atoms with Gasteiger partial charge in [0.25, 0.3) is 5.91 Å². The van der Waals surface area contributed by atoms with Crippen LogP contribution >= 0.6 is 11.8 Å². The van der Waals surface area contributed by atoms with E-state index in [2.05, 4.69) is 12.1 Å². The summed E-state index contributed by atoms with van der Waals surface area (Å²) in [5, 5.41) is 0. The third-order valence-corrected chi connectivity index (χ3v) is 4.15. The molecule has 2 aromatic carbocycles. The lowest BCUT2D eigenvalue weighted by Gasteiger charge is -2.12. The number of nitrogens with two attached hydrogens (primary N) is 1. The van der Waals surface area contributed by atoms with Gasteiger partial charge in [0.1, 0.15) is 11.5 Å². The number of carbonyl (C=O) groups is 1. The first-order chi connectivity index (χ1) is 11.7. The molecule has 0 bridgehead atoms. The average molecular weight is 347 g/mol. The van der Waals surface area contributed by atoms with Gasteiger partial charge < -0.3 is 19.9 Å². The van der Waals surface area contributed by atoms with Gasteiger partial charge in [-0.15, -0.1) is 0 Å². The van der Waals surface area contributed by atoms with Gasteiger partial charge in [-0.1, -0.05) is 30.3 Å². The van der Waals surface area contributed by atoms with Crippen LogP contribution in [0.5, 0.6) is 11.5 Å². The predicted molar refractivity (Wildman–Crippen MR) is 95.6 cm³/mol. The molecule has 0 spiro atoms. The van der Waals surface area contributed by atoms with Crippen LogP contribution in [-0.4, -0.2) is 32.2 Å². The Morgan fingerprint density at radius 1 is 1.12 bits per heavy atom. The largest absolute Gasteiger partial charge is 0.492 e. The van der Waals surface area contributed by atoms with E-state index in [1.807, 2.05) is 18.2 Å². The Morgan fingerprint density at radius 3 is 2.62 bits per heavy atom. The lowest BCUT2D eigenvalue weighted by Crippen LogP contribution is -2.14. The first kappa shape index (κ1) is 18.2. The van der Waals surface area contributed by atoms with E-state index in [1.54, 1.807) is 30.0 Å². The highest BCUT2D eigenvalue weighted by Crippen LogP contribution is 2.24. The number of hydrogen-bond acceptors (Lipinski definition) is 5. The van der Waals surface area contributed by atoms with Crippen molar-refractivity contribution >= 4 is 17.7 Å². The smallest absolute Gasteiger partial charge is 0.252 e. The minimum atomic E-state index is -0.551. The van der Waals surface area contributed by atoms with Crippen LogP contribution in [0.4, 0.5) is 0 Å². The molecule has 2 aromatic rings. The predicted octanol–water partition coefficient (Wildman–Crippen LogP) is 3.08. The molecule has 0 atom stereocenters. The van der Waals surface area contributed by atoms with E-state index in [1.165, 1.54) is 12.7 Å². The van der Waals surface area contributed by atoms with E-state index in [9.17, 15) is 4.79 Å². The zero-order valence-corrected chi connectivity index (χ0v) is 14.4. The quantitative estimate of drug-likeness (QED) is 0.528. The first-order valence-electron chi connectivity index (χ1n) is 7.50. The van der Waals surface area contributed by atoms with Crippen molar-refractivity contribution < 1.29 is 19.0 Å². The summed E-state index contributed by atoms with van der Waals surface area (Å²) >= 11 is 1.77. The first-order valence-corrected chi connectivity index (χ1v) is 8.66. The summed E-state index contributed by atoms with van der Waals surface area (Å²) in [6.45, 7) is 0.602. The van der Waals surface area contributed by atoms with Crippen LogP contribution in [0.2, 0.25) is 0 Å². The maximum atomic E-state index is 11.6. The summed E-state index contributed by atoms with van der Waals surface area (Å²) < 4.78 is 15.8. The minimum Gasteiger partial charge on any atom is -0.492 e. The summed E-state index contributed by atoms with van der Waals surface area (Å²) in [5.74, 6) is 2.17. The van der Waals surface area contributed by atoms with Crippen molar-refractivity contribution in [2.45, 2.75) is 5.75 Å². The molecule has 1 amide bonds. The second kappa shape index (κ2) is 9.85. The fourth-order valence-electron chi connectivity index (χ4n) is 2.02. The maximum absolute atomic E-state index is 11.6. The van der Waals surface area contributed by atoms with Crippen LogP contribution < -0.4 is 15.2 Å². The van der Waals surface area contributed by atoms with Crippen molar-refractivity contribution in [2.75, 3.05) is 26.3 Å².